The van der Waals surface area contributed by atoms with Gasteiger partial charge in [0, 0.05) is 11.9 Å². The zero-order valence-corrected chi connectivity index (χ0v) is 14.1. The van der Waals surface area contributed by atoms with Crippen LogP contribution in [0, 0.1) is 0 Å². The minimum atomic E-state index is -0.638. The molecule has 1 unspecified atom stereocenters. The normalized spacial score (nSPS) is 11.6. The fourth-order valence-electron chi connectivity index (χ4n) is 2.30. The van der Waals surface area contributed by atoms with Crippen LogP contribution in [0.25, 0.3) is 5.69 Å². The van der Waals surface area contributed by atoms with Crippen LogP contribution in [0.2, 0.25) is 0 Å². The number of anilines is 1. The first-order valence-corrected chi connectivity index (χ1v) is 8.01. The molecule has 0 aliphatic rings. The number of benzene rings is 2. The Kier molecular flexibility index (Phi) is 4.98. The molecule has 7 nitrogen and oxygen atoms in total. The molecule has 0 spiro atoms. The SMILES string of the molecule is CC(Oc1ccccc1)C(=O)Nc1ccc(-n2ccc(C(N)=O)n2)cc1. The molecular formula is C19H18N4O3. The van der Waals surface area contributed by atoms with Crippen molar-refractivity contribution in [2.45, 2.75) is 13.0 Å². The van der Waals surface area contributed by atoms with Gasteiger partial charge in [-0.05, 0) is 49.4 Å². The van der Waals surface area contributed by atoms with E-state index in [2.05, 4.69) is 10.4 Å². The zero-order chi connectivity index (χ0) is 18.5. The lowest BCUT2D eigenvalue weighted by Gasteiger charge is -2.14. The number of nitrogens with two attached hydrogens (primary N) is 1. The molecule has 1 aromatic heterocycles. The van der Waals surface area contributed by atoms with Crippen LogP contribution < -0.4 is 15.8 Å². The van der Waals surface area contributed by atoms with Gasteiger partial charge in [0.2, 0.25) is 0 Å². The van der Waals surface area contributed by atoms with E-state index in [1.54, 1.807) is 55.6 Å². The third-order valence-corrected chi connectivity index (χ3v) is 3.67. The van der Waals surface area contributed by atoms with Crippen LogP contribution in [0.4, 0.5) is 5.69 Å². The highest BCUT2D eigenvalue weighted by atomic mass is 16.5. The van der Waals surface area contributed by atoms with Crippen LogP contribution in [-0.4, -0.2) is 27.7 Å². The molecule has 1 heterocycles. The molecule has 26 heavy (non-hydrogen) atoms. The summed E-state index contributed by atoms with van der Waals surface area (Å²) in [5.41, 5.74) is 6.75. The van der Waals surface area contributed by atoms with Crippen LogP contribution in [0.3, 0.4) is 0 Å². The summed E-state index contributed by atoms with van der Waals surface area (Å²) in [6.45, 7) is 1.69. The Morgan fingerprint density at radius 3 is 2.38 bits per heavy atom. The third-order valence-electron chi connectivity index (χ3n) is 3.67. The van der Waals surface area contributed by atoms with Gasteiger partial charge in [0.15, 0.2) is 6.10 Å². The molecule has 0 bridgehead atoms. The molecular weight excluding hydrogens is 332 g/mol. The topological polar surface area (TPSA) is 99.2 Å². The lowest BCUT2D eigenvalue weighted by Crippen LogP contribution is -2.30. The average Bonchev–Trinajstić information content (AvgIpc) is 3.13. The van der Waals surface area contributed by atoms with Crippen molar-refractivity contribution < 1.29 is 14.3 Å². The molecule has 7 heteroatoms. The van der Waals surface area contributed by atoms with Crippen molar-refractivity contribution in [3.8, 4) is 11.4 Å². The summed E-state index contributed by atoms with van der Waals surface area (Å²) < 4.78 is 7.13. The Bertz CT molecular complexity index is 904. The van der Waals surface area contributed by atoms with Crippen LogP contribution >= 0.6 is 0 Å². The Labute approximate surface area is 150 Å². The van der Waals surface area contributed by atoms with Crippen LogP contribution in [0.1, 0.15) is 17.4 Å². The van der Waals surface area contributed by atoms with Crippen molar-refractivity contribution in [2.24, 2.45) is 5.73 Å². The van der Waals surface area contributed by atoms with Gasteiger partial charge in [0.25, 0.3) is 11.8 Å². The molecule has 2 amide bonds. The minimum absolute atomic E-state index is 0.189. The van der Waals surface area contributed by atoms with E-state index in [0.29, 0.717) is 11.4 Å². The number of nitrogens with zero attached hydrogens (tertiary/aromatic N) is 2. The maximum atomic E-state index is 12.2. The van der Waals surface area contributed by atoms with Crippen molar-refractivity contribution in [1.29, 1.82) is 0 Å². The maximum absolute atomic E-state index is 12.2. The Morgan fingerprint density at radius 2 is 1.77 bits per heavy atom. The van der Waals surface area contributed by atoms with Crippen molar-refractivity contribution in [3.05, 3.63) is 72.6 Å². The van der Waals surface area contributed by atoms with Gasteiger partial charge in [-0.1, -0.05) is 18.2 Å². The van der Waals surface area contributed by atoms with E-state index < -0.39 is 12.0 Å². The summed E-state index contributed by atoms with van der Waals surface area (Å²) in [5, 5.41) is 6.88. The van der Waals surface area contributed by atoms with E-state index in [9.17, 15) is 9.59 Å². The van der Waals surface area contributed by atoms with E-state index in [1.807, 2.05) is 18.2 Å². The van der Waals surface area contributed by atoms with Gasteiger partial charge in [-0.25, -0.2) is 4.68 Å². The van der Waals surface area contributed by atoms with Crippen LogP contribution in [0.5, 0.6) is 5.75 Å². The number of aromatic nitrogens is 2. The van der Waals surface area contributed by atoms with Gasteiger partial charge in [-0.2, -0.15) is 5.10 Å². The number of rotatable bonds is 6. The van der Waals surface area contributed by atoms with Gasteiger partial charge >= 0.3 is 0 Å². The van der Waals surface area contributed by atoms with E-state index >= 15 is 0 Å². The Morgan fingerprint density at radius 1 is 1.08 bits per heavy atom. The number of amides is 2. The molecule has 0 saturated heterocycles. The number of nitrogens with one attached hydrogen (secondary N) is 1. The van der Waals surface area contributed by atoms with Gasteiger partial charge < -0.3 is 15.8 Å². The van der Waals surface area contributed by atoms with Crippen molar-refractivity contribution >= 4 is 17.5 Å². The molecule has 1 atom stereocenters. The number of carbonyl (C=O) groups is 2. The summed E-state index contributed by atoms with van der Waals surface area (Å²) >= 11 is 0. The summed E-state index contributed by atoms with van der Waals surface area (Å²) in [5.74, 6) is -0.203. The molecule has 0 fully saturated rings. The largest absolute Gasteiger partial charge is 0.481 e. The second kappa shape index (κ2) is 7.52. The highest BCUT2D eigenvalue weighted by Gasteiger charge is 2.15. The fourth-order valence-corrected chi connectivity index (χ4v) is 2.30. The molecule has 132 valence electrons. The lowest BCUT2D eigenvalue weighted by molar-refractivity contribution is -0.122. The average molecular weight is 350 g/mol. The molecule has 0 saturated carbocycles. The monoisotopic (exact) mass is 350 g/mol. The molecule has 3 N–H and O–H groups in total. The molecule has 3 rings (SSSR count). The van der Waals surface area contributed by atoms with E-state index in [4.69, 9.17) is 10.5 Å². The van der Waals surface area contributed by atoms with Crippen molar-refractivity contribution in [2.75, 3.05) is 5.32 Å². The number of hydrogen-bond acceptors (Lipinski definition) is 4. The highest BCUT2D eigenvalue weighted by molar-refractivity contribution is 5.94. The number of hydrogen-bond donors (Lipinski definition) is 2. The summed E-state index contributed by atoms with van der Waals surface area (Å²) in [6, 6.07) is 17.7. The number of carbonyl (C=O) groups excluding carboxylic acids is 2. The molecule has 2 aromatic carbocycles. The standard InChI is InChI=1S/C19H18N4O3/c1-13(26-16-5-3-2-4-6-16)19(25)21-14-7-9-15(10-8-14)23-12-11-17(22-23)18(20)24/h2-13H,1H3,(H2,20,24)(H,21,25). The van der Waals surface area contributed by atoms with Crippen LogP contribution in [0.15, 0.2) is 66.9 Å². The Balaban J connectivity index is 1.63. The van der Waals surface area contributed by atoms with E-state index in [-0.39, 0.29) is 11.6 Å². The van der Waals surface area contributed by atoms with Gasteiger partial charge in [-0.15, -0.1) is 0 Å². The van der Waals surface area contributed by atoms with Gasteiger partial charge in [0.05, 0.1) is 5.69 Å². The third kappa shape index (κ3) is 4.07. The molecule has 0 aliphatic carbocycles. The first-order valence-electron chi connectivity index (χ1n) is 8.01. The predicted octanol–water partition coefficient (Wildman–Crippen LogP) is 2.38. The second-order valence-corrected chi connectivity index (χ2v) is 5.62. The zero-order valence-electron chi connectivity index (χ0n) is 14.1. The number of ether oxygens (including phenoxy) is 1. The molecule has 0 radical (unpaired) electrons. The Hall–Kier alpha value is -3.61. The summed E-state index contributed by atoms with van der Waals surface area (Å²) in [4.78, 5) is 23.3. The summed E-state index contributed by atoms with van der Waals surface area (Å²) in [6.07, 6.45) is 1.00. The fraction of sp³-hybridized carbons (Fsp3) is 0.105. The highest BCUT2D eigenvalue weighted by Crippen LogP contribution is 2.15. The first-order chi connectivity index (χ1) is 12.5. The maximum Gasteiger partial charge on any atom is 0.269 e. The summed E-state index contributed by atoms with van der Waals surface area (Å²) in [7, 11) is 0. The quantitative estimate of drug-likeness (QED) is 0.713. The van der Waals surface area contributed by atoms with Crippen molar-refractivity contribution in [3.63, 3.8) is 0 Å². The van der Waals surface area contributed by atoms with Crippen molar-refractivity contribution in [1.82, 2.24) is 9.78 Å². The smallest absolute Gasteiger partial charge is 0.269 e. The molecule has 3 aromatic rings. The number of para-hydroxylation sites is 1. The van der Waals surface area contributed by atoms with E-state index in [1.165, 1.54) is 4.68 Å². The number of primary amides is 1. The van der Waals surface area contributed by atoms with E-state index in [0.717, 1.165) is 5.69 Å². The second-order valence-electron chi connectivity index (χ2n) is 5.62. The van der Waals surface area contributed by atoms with Gasteiger partial charge in [0.1, 0.15) is 11.4 Å². The predicted molar refractivity (Wildman–Crippen MR) is 97.2 cm³/mol. The lowest BCUT2D eigenvalue weighted by atomic mass is 10.2. The first kappa shape index (κ1) is 17.2. The van der Waals surface area contributed by atoms with Crippen LogP contribution in [-0.2, 0) is 4.79 Å². The molecule has 0 aliphatic heterocycles. The van der Waals surface area contributed by atoms with Gasteiger partial charge in [-0.3, -0.25) is 9.59 Å². The minimum Gasteiger partial charge on any atom is -0.481 e.